The number of hydrogen-bond donors (Lipinski definition) is 2. The van der Waals surface area contributed by atoms with Crippen LogP contribution in [0.4, 0.5) is 20.2 Å². The molecule has 1 saturated carbocycles. The maximum absolute atomic E-state index is 14.4. The molecule has 1 heterocycles. The summed E-state index contributed by atoms with van der Waals surface area (Å²) in [7, 11) is 0. The second-order valence-corrected chi connectivity index (χ2v) is 6.85. The van der Waals surface area contributed by atoms with Crippen LogP contribution in [0, 0.1) is 28.7 Å². The van der Waals surface area contributed by atoms with Crippen LogP contribution in [-0.2, 0) is 0 Å². The Kier molecular flexibility index (Phi) is 3.84. The van der Waals surface area contributed by atoms with Gasteiger partial charge in [-0.05, 0) is 43.0 Å². The SMILES string of the molecule is Cc1c(-c2cc(F)c(N)cc2F)ccc2c(O)c([N+](=O)[O-])c(=O)n(C3CC3)c12. The van der Waals surface area contributed by atoms with Crippen LogP contribution < -0.4 is 11.3 Å². The van der Waals surface area contributed by atoms with Crippen molar-refractivity contribution in [3.05, 3.63) is 61.9 Å². The molecule has 4 rings (SSSR count). The van der Waals surface area contributed by atoms with Gasteiger partial charge in [0.05, 0.1) is 16.1 Å². The highest BCUT2D eigenvalue weighted by Crippen LogP contribution is 2.43. The molecule has 2 aromatic carbocycles. The molecular weight excluding hydrogens is 372 g/mol. The number of halogens is 2. The minimum Gasteiger partial charge on any atom is -0.501 e. The van der Waals surface area contributed by atoms with Crippen molar-refractivity contribution in [2.24, 2.45) is 0 Å². The maximum atomic E-state index is 14.4. The number of nitrogens with two attached hydrogens (primary N) is 1. The molecule has 0 saturated heterocycles. The van der Waals surface area contributed by atoms with Crippen LogP contribution in [0.15, 0.2) is 29.1 Å². The topological polar surface area (TPSA) is 111 Å². The van der Waals surface area contributed by atoms with Gasteiger partial charge in [0.1, 0.15) is 11.6 Å². The molecule has 1 aliphatic rings. The minimum atomic E-state index is -0.915. The van der Waals surface area contributed by atoms with Crippen LogP contribution in [0.2, 0.25) is 0 Å². The highest BCUT2D eigenvalue weighted by atomic mass is 19.1. The zero-order chi connectivity index (χ0) is 20.3. The summed E-state index contributed by atoms with van der Waals surface area (Å²) in [4.78, 5) is 23.1. The van der Waals surface area contributed by atoms with E-state index in [1.807, 2.05) is 0 Å². The zero-order valence-electron chi connectivity index (χ0n) is 14.7. The van der Waals surface area contributed by atoms with E-state index in [1.165, 1.54) is 16.7 Å². The third-order valence-electron chi connectivity index (χ3n) is 5.04. The smallest absolute Gasteiger partial charge is 0.375 e. The van der Waals surface area contributed by atoms with Crippen molar-refractivity contribution in [3.63, 3.8) is 0 Å². The van der Waals surface area contributed by atoms with Crippen LogP contribution >= 0.6 is 0 Å². The summed E-state index contributed by atoms with van der Waals surface area (Å²) < 4.78 is 29.6. The monoisotopic (exact) mass is 387 g/mol. The number of aryl methyl sites for hydroxylation is 1. The minimum absolute atomic E-state index is 0.0567. The van der Waals surface area contributed by atoms with Gasteiger partial charge in [-0.2, -0.15) is 0 Å². The molecule has 144 valence electrons. The number of rotatable bonds is 3. The van der Waals surface area contributed by atoms with Gasteiger partial charge in [0, 0.05) is 23.1 Å². The quantitative estimate of drug-likeness (QED) is 0.403. The summed E-state index contributed by atoms with van der Waals surface area (Å²) in [6.07, 6.45) is 1.32. The van der Waals surface area contributed by atoms with E-state index in [9.17, 15) is 28.8 Å². The van der Waals surface area contributed by atoms with E-state index in [0.29, 0.717) is 24.0 Å². The molecule has 3 aromatic rings. The standard InChI is InChI=1S/C19H15F2N3O4/c1-8-10(12-6-14(21)15(22)7-13(12)20)4-5-11-16(8)23(9-2-3-9)19(26)17(18(11)25)24(27)28/h4-7,9,25H,2-3,22H2,1H3. The molecule has 1 aliphatic carbocycles. The third-order valence-corrected chi connectivity index (χ3v) is 5.04. The second-order valence-electron chi connectivity index (χ2n) is 6.85. The summed E-state index contributed by atoms with van der Waals surface area (Å²) in [6, 6.07) is 4.39. The Balaban J connectivity index is 2.12. The number of aromatic hydroxyl groups is 1. The number of nitro groups is 1. The zero-order valence-corrected chi connectivity index (χ0v) is 14.7. The van der Waals surface area contributed by atoms with Crippen LogP contribution in [0.25, 0.3) is 22.0 Å². The van der Waals surface area contributed by atoms with E-state index in [2.05, 4.69) is 0 Å². The Labute approximate surface area is 156 Å². The third kappa shape index (κ3) is 2.50. The normalized spacial score (nSPS) is 13.8. The molecule has 0 bridgehead atoms. The van der Waals surface area contributed by atoms with Gasteiger partial charge in [-0.1, -0.05) is 6.07 Å². The first kappa shape index (κ1) is 17.9. The lowest BCUT2D eigenvalue weighted by molar-refractivity contribution is -0.387. The average Bonchev–Trinajstić information content (AvgIpc) is 3.44. The van der Waals surface area contributed by atoms with Crippen molar-refractivity contribution in [2.75, 3.05) is 5.73 Å². The molecule has 0 radical (unpaired) electrons. The molecule has 9 heteroatoms. The fourth-order valence-corrected chi connectivity index (χ4v) is 3.55. The van der Waals surface area contributed by atoms with Crippen molar-refractivity contribution in [2.45, 2.75) is 25.8 Å². The predicted molar refractivity (Wildman–Crippen MR) is 99.3 cm³/mol. The average molecular weight is 387 g/mol. The van der Waals surface area contributed by atoms with Crippen LogP contribution in [-0.4, -0.2) is 14.6 Å². The van der Waals surface area contributed by atoms with Gasteiger partial charge in [0.15, 0.2) is 0 Å². The van der Waals surface area contributed by atoms with E-state index in [1.54, 1.807) is 6.92 Å². The number of aromatic nitrogens is 1. The van der Waals surface area contributed by atoms with E-state index in [-0.39, 0.29) is 28.2 Å². The number of fused-ring (bicyclic) bond motifs is 1. The number of pyridine rings is 1. The highest BCUT2D eigenvalue weighted by Gasteiger charge is 2.34. The molecule has 28 heavy (non-hydrogen) atoms. The van der Waals surface area contributed by atoms with Gasteiger partial charge < -0.3 is 10.8 Å². The molecule has 1 fully saturated rings. The van der Waals surface area contributed by atoms with Crippen molar-refractivity contribution in [1.82, 2.24) is 4.57 Å². The lowest BCUT2D eigenvalue weighted by atomic mass is 9.96. The molecular formula is C19H15F2N3O4. The van der Waals surface area contributed by atoms with Crippen LogP contribution in [0.5, 0.6) is 5.75 Å². The highest BCUT2D eigenvalue weighted by molar-refractivity contribution is 5.95. The summed E-state index contributed by atoms with van der Waals surface area (Å²) in [6.45, 7) is 1.59. The molecule has 0 amide bonds. The maximum Gasteiger partial charge on any atom is 0.375 e. The Morgan fingerprint density at radius 3 is 2.50 bits per heavy atom. The first-order valence-electron chi connectivity index (χ1n) is 8.52. The second kappa shape index (κ2) is 6.01. The Morgan fingerprint density at radius 1 is 1.21 bits per heavy atom. The summed E-state index contributed by atoms with van der Waals surface area (Å²) in [5.41, 5.74) is 4.16. The van der Waals surface area contributed by atoms with Crippen molar-refractivity contribution in [3.8, 4) is 16.9 Å². The van der Waals surface area contributed by atoms with E-state index in [0.717, 1.165) is 12.1 Å². The Morgan fingerprint density at radius 2 is 1.89 bits per heavy atom. The van der Waals surface area contributed by atoms with Crippen molar-refractivity contribution in [1.29, 1.82) is 0 Å². The number of nitrogen functional groups attached to an aromatic ring is 1. The summed E-state index contributed by atoms with van der Waals surface area (Å²) in [5, 5.41) is 21.7. The van der Waals surface area contributed by atoms with Gasteiger partial charge in [0.2, 0.25) is 5.75 Å². The number of nitrogens with zero attached hydrogens (tertiary/aromatic N) is 2. The molecule has 1 aromatic heterocycles. The van der Waals surface area contributed by atoms with Crippen molar-refractivity contribution >= 4 is 22.3 Å². The molecule has 0 atom stereocenters. The van der Waals surface area contributed by atoms with Crippen LogP contribution in [0.3, 0.4) is 0 Å². The molecule has 3 N–H and O–H groups in total. The Bertz CT molecular complexity index is 1230. The van der Waals surface area contributed by atoms with Gasteiger partial charge >= 0.3 is 11.2 Å². The summed E-state index contributed by atoms with van der Waals surface area (Å²) in [5.74, 6) is -2.27. The van der Waals surface area contributed by atoms with Gasteiger partial charge in [0.25, 0.3) is 0 Å². The number of hydrogen-bond acceptors (Lipinski definition) is 5. The number of benzene rings is 2. The fraction of sp³-hybridized carbons (Fsp3) is 0.211. The van der Waals surface area contributed by atoms with E-state index < -0.39 is 33.6 Å². The lowest BCUT2D eigenvalue weighted by Crippen LogP contribution is -2.23. The van der Waals surface area contributed by atoms with Gasteiger partial charge in [-0.15, -0.1) is 0 Å². The van der Waals surface area contributed by atoms with Crippen LogP contribution in [0.1, 0.15) is 24.4 Å². The molecule has 0 spiro atoms. The van der Waals surface area contributed by atoms with Crippen molar-refractivity contribution < 1.29 is 18.8 Å². The largest absolute Gasteiger partial charge is 0.501 e. The molecule has 7 nitrogen and oxygen atoms in total. The van der Waals surface area contributed by atoms with Gasteiger partial charge in [-0.3, -0.25) is 19.5 Å². The fourth-order valence-electron chi connectivity index (χ4n) is 3.55. The predicted octanol–water partition coefficient (Wildman–Crippen LogP) is 3.79. The molecule has 0 aliphatic heterocycles. The van der Waals surface area contributed by atoms with E-state index in [4.69, 9.17) is 5.73 Å². The molecule has 0 unspecified atom stereocenters. The first-order chi connectivity index (χ1) is 13.2. The summed E-state index contributed by atoms with van der Waals surface area (Å²) >= 11 is 0. The van der Waals surface area contributed by atoms with E-state index >= 15 is 0 Å². The Hall–Kier alpha value is -3.49. The van der Waals surface area contributed by atoms with Gasteiger partial charge in [-0.25, -0.2) is 8.78 Å². The first-order valence-corrected chi connectivity index (χ1v) is 8.52. The lowest BCUT2D eigenvalue weighted by Gasteiger charge is -2.17. The number of anilines is 1.